The van der Waals surface area contributed by atoms with Gasteiger partial charge in [0, 0.05) is 44.5 Å². The van der Waals surface area contributed by atoms with Crippen LogP contribution in [-0.4, -0.2) is 80.0 Å². The Hall–Kier alpha value is -3.04. The summed E-state index contributed by atoms with van der Waals surface area (Å²) in [4.78, 5) is 47.1. The molecular formula is C16H20N6O4. The van der Waals surface area contributed by atoms with E-state index in [1.165, 1.54) is 11.4 Å². The molecule has 1 saturated heterocycles. The Morgan fingerprint density at radius 1 is 1.08 bits per heavy atom. The maximum absolute atomic E-state index is 12.2. The average Bonchev–Trinajstić information content (AvgIpc) is 3.04. The summed E-state index contributed by atoms with van der Waals surface area (Å²) in [6, 6.07) is 1.82. The van der Waals surface area contributed by atoms with Crippen LogP contribution in [0.25, 0.3) is 5.78 Å². The molecule has 0 saturated carbocycles. The van der Waals surface area contributed by atoms with Crippen molar-refractivity contribution in [1.29, 1.82) is 0 Å². The second kappa shape index (κ2) is 7.06. The Bertz CT molecular complexity index is 869. The van der Waals surface area contributed by atoms with Gasteiger partial charge in [0.1, 0.15) is 0 Å². The van der Waals surface area contributed by atoms with Gasteiger partial charge in [-0.15, -0.1) is 5.10 Å². The molecule has 1 aliphatic heterocycles. The third-order valence-electron chi connectivity index (χ3n) is 4.21. The van der Waals surface area contributed by atoms with Crippen molar-refractivity contribution in [2.45, 2.75) is 20.8 Å². The van der Waals surface area contributed by atoms with Crippen molar-refractivity contribution < 1.29 is 19.1 Å². The first-order valence-corrected chi connectivity index (χ1v) is 8.26. The molecule has 26 heavy (non-hydrogen) atoms. The zero-order chi connectivity index (χ0) is 18.8. The van der Waals surface area contributed by atoms with Crippen LogP contribution >= 0.6 is 0 Å². The summed E-state index contributed by atoms with van der Waals surface area (Å²) in [6.45, 7) is 6.56. The Labute approximate surface area is 149 Å². The topological polar surface area (TPSA) is 110 Å². The second-order valence-electron chi connectivity index (χ2n) is 6.15. The largest absolute Gasteiger partial charge is 0.450 e. The predicted octanol–water partition coefficient (Wildman–Crippen LogP) is -0.411. The van der Waals surface area contributed by atoms with Gasteiger partial charge in [0.2, 0.25) is 5.91 Å². The molecule has 10 nitrogen and oxygen atoms in total. The van der Waals surface area contributed by atoms with E-state index in [0.717, 1.165) is 11.4 Å². The third kappa shape index (κ3) is 3.63. The van der Waals surface area contributed by atoms with Crippen molar-refractivity contribution in [2.75, 3.05) is 32.8 Å². The van der Waals surface area contributed by atoms with Crippen molar-refractivity contribution in [3.63, 3.8) is 0 Å². The van der Waals surface area contributed by atoms with Crippen LogP contribution in [0.1, 0.15) is 28.9 Å². The number of piperazine rings is 1. The van der Waals surface area contributed by atoms with Gasteiger partial charge in [-0.25, -0.2) is 14.3 Å². The number of amides is 2. The number of nitrogens with zero attached hydrogens (tertiary/aromatic N) is 6. The molecule has 2 aromatic rings. The Morgan fingerprint density at radius 3 is 2.38 bits per heavy atom. The maximum Gasteiger partial charge on any atom is 0.378 e. The molecule has 0 N–H and O–H groups in total. The van der Waals surface area contributed by atoms with Crippen LogP contribution in [0.2, 0.25) is 0 Å². The second-order valence-corrected chi connectivity index (χ2v) is 6.15. The summed E-state index contributed by atoms with van der Waals surface area (Å²) in [7, 11) is 0. The van der Waals surface area contributed by atoms with Crippen molar-refractivity contribution in [2.24, 2.45) is 0 Å². The SMILES string of the molecule is CC(=O)N1CCN(C(=O)COC(=O)c2nc3nc(C)cc(C)n3n2)CC1. The van der Waals surface area contributed by atoms with Crippen LogP contribution in [-0.2, 0) is 14.3 Å². The minimum Gasteiger partial charge on any atom is -0.450 e. The average molecular weight is 360 g/mol. The number of hydrogen-bond acceptors (Lipinski definition) is 7. The Morgan fingerprint density at radius 2 is 1.73 bits per heavy atom. The van der Waals surface area contributed by atoms with Crippen LogP contribution in [0.3, 0.4) is 0 Å². The monoisotopic (exact) mass is 360 g/mol. The van der Waals surface area contributed by atoms with Gasteiger partial charge in [0.25, 0.3) is 17.5 Å². The maximum atomic E-state index is 12.2. The number of carbonyl (C=O) groups excluding carboxylic acids is 3. The molecule has 0 bridgehead atoms. The lowest BCUT2D eigenvalue weighted by Gasteiger charge is -2.34. The molecule has 3 heterocycles. The zero-order valence-electron chi connectivity index (χ0n) is 14.9. The third-order valence-corrected chi connectivity index (χ3v) is 4.21. The fourth-order valence-corrected chi connectivity index (χ4v) is 2.81. The fourth-order valence-electron chi connectivity index (χ4n) is 2.81. The van der Waals surface area contributed by atoms with Gasteiger partial charge in [0.15, 0.2) is 6.61 Å². The number of aromatic nitrogens is 4. The molecule has 0 radical (unpaired) electrons. The lowest BCUT2D eigenvalue weighted by atomic mass is 10.3. The minimum absolute atomic E-state index is 0.0133. The molecule has 0 aromatic carbocycles. The smallest absolute Gasteiger partial charge is 0.378 e. The molecular weight excluding hydrogens is 340 g/mol. The molecule has 0 atom stereocenters. The number of fused-ring (bicyclic) bond motifs is 1. The number of aryl methyl sites for hydroxylation is 2. The molecule has 0 unspecified atom stereocenters. The summed E-state index contributed by atoms with van der Waals surface area (Å²) < 4.78 is 6.49. The van der Waals surface area contributed by atoms with Crippen LogP contribution in [0.15, 0.2) is 6.07 Å². The van der Waals surface area contributed by atoms with E-state index in [4.69, 9.17) is 4.74 Å². The number of hydrogen-bond donors (Lipinski definition) is 0. The van der Waals surface area contributed by atoms with E-state index in [1.54, 1.807) is 9.80 Å². The first kappa shape index (κ1) is 17.8. The van der Waals surface area contributed by atoms with Crippen molar-refractivity contribution in [3.05, 3.63) is 23.3 Å². The first-order chi connectivity index (χ1) is 12.3. The summed E-state index contributed by atoms with van der Waals surface area (Å²) in [5.41, 5.74) is 1.56. The van der Waals surface area contributed by atoms with E-state index in [0.29, 0.717) is 32.0 Å². The van der Waals surface area contributed by atoms with Crippen LogP contribution in [0, 0.1) is 13.8 Å². The number of esters is 1. The Balaban J connectivity index is 1.58. The van der Waals surface area contributed by atoms with Gasteiger partial charge in [-0.1, -0.05) is 0 Å². The highest BCUT2D eigenvalue weighted by Gasteiger charge is 2.24. The molecule has 1 aliphatic rings. The first-order valence-electron chi connectivity index (χ1n) is 8.26. The highest BCUT2D eigenvalue weighted by atomic mass is 16.5. The molecule has 2 amide bonds. The zero-order valence-corrected chi connectivity index (χ0v) is 14.9. The predicted molar refractivity (Wildman–Crippen MR) is 89.4 cm³/mol. The lowest BCUT2D eigenvalue weighted by molar-refractivity contribution is -0.140. The van der Waals surface area contributed by atoms with Crippen molar-refractivity contribution in [1.82, 2.24) is 29.4 Å². The van der Waals surface area contributed by atoms with Gasteiger partial charge in [0.05, 0.1) is 0 Å². The van der Waals surface area contributed by atoms with Gasteiger partial charge in [-0.3, -0.25) is 9.59 Å². The molecule has 0 aliphatic carbocycles. The van der Waals surface area contributed by atoms with E-state index in [1.807, 2.05) is 19.9 Å². The lowest BCUT2D eigenvalue weighted by Crippen LogP contribution is -2.51. The summed E-state index contributed by atoms with van der Waals surface area (Å²) in [6.07, 6.45) is 0. The molecule has 3 rings (SSSR count). The number of rotatable bonds is 3. The standard InChI is InChI=1S/C16H20N6O4/c1-10-8-11(2)22-16(17-10)18-14(19-22)15(25)26-9-13(24)21-6-4-20(5-7-21)12(3)23/h8H,4-7,9H2,1-3H3. The van der Waals surface area contributed by atoms with Gasteiger partial charge >= 0.3 is 5.97 Å². The molecule has 138 valence electrons. The number of carbonyl (C=O) groups is 3. The van der Waals surface area contributed by atoms with E-state index in [-0.39, 0.29) is 24.2 Å². The molecule has 2 aromatic heterocycles. The quantitative estimate of drug-likeness (QED) is 0.684. The van der Waals surface area contributed by atoms with E-state index >= 15 is 0 Å². The van der Waals surface area contributed by atoms with Gasteiger partial charge in [-0.05, 0) is 19.9 Å². The van der Waals surface area contributed by atoms with Crippen LogP contribution < -0.4 is 0 Å². The normalized spacial score (nSPS) is 14.6. The highest BCUT2D eigenvalue weighted by molar-refractivity contribution is 5.88. The summed E-state index contributed by atoms with van der Waals surface area (Å²) in [5.74, 6) is -0.930. The molecule has 1 fully saturated rings. The van der Waals surface area contributed by atoms with Crippen LogP contribution in [0.5, 0.6) is 0 Å². The highest BCUT2D eigenvalue weighted by Crippen LogP contribution is 2.07. The van der Waals surface area contributed by atoms with E-state index in [9.17, 15) is 14.4 Å². The van der Waals surface area contributed by atoms with E-state index < -0.39 is 5.97 Å². The fraction of sp³-hybridized carbons (Fsp3) is 0.500. The van der Waals surface area contributed by atoms with E-state index in [2.05, 4.69) is 15.1 Å². The number of ether oxygens (including phenoxy) is 1. The summed E-state index contributed by atoms with van der Waals surface area (Å²) >= 11 is 0. The Kier molecular flexibility index (Phi) is 4.83. The van der Waals surface area contributed by atoms with Gasteiger partial charge < -0.3 is 14.5 Å². The molecule has 10 heteroatoms. The minimum atomic E-state index is -0.775. The van der Waals surface area contributed by atoms with Gasteiger partial charge in [-0.2, -0.15) is 4.98 Å². The molecule has 0 spiro atoms. The van der Waals surface area contributed by atoms with Crippen LogP contribution in [0.4, 0.5) is 0 Å². The summed E-state index contributed by atoms with van der Waals surface area (Å²) in [5, 5.41) is 4.07. The van der Waals surface area contributed by atoms with Crippen molar-refractivity contribution >= 4 is 23.6 Å². The van der Waals surface area contributed by atoms with Crippen molar-refractivity contribution in [3.8, 4) is 0 Å².